The van der Waals surface area contributed by atoms with Gasteiger partial charge < -0.3 is 14.5 Å². The van der Waals surface area contributed by atoms with Crippen LogP contribution in [0.1, 0.15) is 42.3 Å². The number of anilines is 1. The molecule has 1 amide bonds. The molecule has 1 aromatic heterocycles. The molecule has 2 aromatic carbocycles. The van der Waals surface area contributed by atoms with Crippen molar-refractivity contribution in [3.63, 3.8) is 0 Å². The van der Waals surface area contributed by atoms with Gasteiger partial charge >= 0.3 is 0 Å². The number of nitrogens with one attached hydrogen (secondary N) is 1. The standard InChI is InChI=1S/C20H21NO3/c1-4-13(2)14-5-7-16(8-6-14)21-20(22)19-12-15-11-17(23-3)9-10-18(15)24-19/h5-13H,4H2,1-3H3,(H,21,22)/t13-/m1/s1. The van der Waals surface area contributed by atoms with Gasteiger partial charge in [0.25, 0.3) is 5.91 Å². The average molecular weight is 323 g/mol. The van der Waals surface area contributed by atoms with Gasteiger partial charge in [0.15, 0.2) is 5.76 Å². The third-order valence-electron chi connectivity index (χ3n) is 4.30. The van der Waals surface area contributed by atoms with Crippen LogP contribution in [-0.2, 0) is 0 Å². The highest BCUT2D eigenvalue weighted by Crippen LogP contribution is 2.25. The van der Waals surface area contributed by atoms with Crippen LogP contribution in [0.25, 0.3) is 11.0 Å². The van der Waals surface area contributed by atoms with Gasteiger partial charge in [-0.3, -0.25) is 4.79 Å². The number of benzene rings is 2. The van der Waals surface area contributed by atoms with Gasteiger partial charge in [-0.05, 0) is 54.3 Å². The SMILES string of the molecule is CC[C@@H](C)c1ccc(NC(=O)c2cc3cc(OC)ccc3o2)cc1. The molecule has 3 aromatic rings. The molecular formula is C20H21NO3. The predicted octanol–water partition coefficient (Wildman–Crippen LogP) is 5.21. The highest BCUT2D eigenvalue weighted by molar-refractivity contribution is 6.04. The van der Waals surface area contributed by atoms with Gasteiger partial charge in [-0.25, -0.2) is 0 Å². The van der Waals surface area contributed by atoms with E-state index in [-0.39, 0.29) is 11.7 Å². The minimum absolute atomic E-state index is 0.263. The van der Waals surface area contributed by atoms with Crippen molar-refractivity contribution in [3.8, 4) is 5.75 Å². The Labute approximate surface area is 141 Å². The van der Waals surface area contributed by atoms with E-state index in [9.17, 15) is 4.79 Å². The van der Waals surface area contributed by atoms with E-state index in [2.05, 4.69) is 19.2 Å². The summed E-state index contributed by atoms with van der Waals surface area (Å²) in [5, 5.41) is 3.71. The molecule has 0 bridgehead atoms. The molecule has 0 aliphatic rings. The van der Waals surface area contributed by atoms with E-state index in [0.717, 1.165) is 23.2 Å². The predicted molar refractivity (Wildman–Crippen MR) is 95.9 cm³/mol. The van der Waals surface area contributed by atoms with Crippen molar-refractivity contribution in [1.29, 1.82) is 0 Å². The van der Waals surface area contributed by atoms with Crippen LogP contribution >= 0.6 is 0 Å². The largest absolute Gasteiger partial charge is 0.497 e. The van der Waals surface area contributed by atoms with Gasteiger partial charge in [-0.15, -0.1) is 0 Å². The molecule has 0 aliphatic heterocycles. The first-order valence-corrected chi connectivity index (χ1v) is 8.09. The van der Waals surface area contributed by atoms with Crippen LogP contribution in [0, 0.1) is 0 Å². The van der Waals surface area contributed by atoms with Crippen molar-refractivity contribution in [2.75, 3.05) is 12.4 Å². The molecule has 24 heavy (non-hydrogen) atoms. The number of carbonyl (C=O) groups is 1. The Morgan fingerprint density at radius 1 is 1.17 bits per heavy atom. The molecule has 0 saturated carbocycles. The number of methoxy groups -OCH3 is 1. The minimum Gasteiger partial charge on any atom is -0.497 e. The van der Waals surface area contributed by atoms with E-state index in [1.165, 1.54) is 5.56 Å². The summed E-state index contributed by atoms with van der Waals surface area (Å²) < 4.78 is 10.8. The number of amides is 1. The third kappa shape index (κ3) is 3.27. The van der Waals surface area contributed by atoms with E-state index in [1.54, 1.807) is 25.3 Å². The Kier molecular flexibility index (Phi) is 4.56. The monoisotopic (exact) mass is 323 g/mol. The average Bonchev–Trinajstić information content (AvgIpc) is 3.05. The molecule has 124 valence electrons. The van der Waals surface area contributed by atoms with Gasteiger partial charge in [-0.1, -0.05) is 26.0 Å². The molecule has 0 radical (unpaired) electrons. The first-order chi connectivity index (χ1) is 11.6. The van der Waals surface area contributed by atoms with Crippen molar-refractivity contribution in [2.24, 2.45) is 0 Å². The molecule has 0 spiro atoms. The van der Waals surface area contributed by atoms with E-state index >= 15 is 0 Å². The minimum atomic E-state index is -0.263. The lowest BCUT2D eigenvalue weighted by molar-refractivity contribution is 0.0998. The van der Waals surface area contributed by atoms with Crippen LogP contribution in [0.2, 0.25) is 0 Å². The normalized spacial score (nSPS) is 12.1. The van der Waals surface area contributed by atoms with Crippen molar-refractivity contribution < 1.29 is 13.9 Å². The molecule has 3 rings (SSSR count). The molecule has 0 fully saturated rings. The second-order valence-electron chi connectivity index (χ2n) is 5.90. The third-order valence-corrected chi connectivity index (χ3v) is 4.30. The van der Waals surface area contributed by atoms with Crippen molar-refractivity contribution in [1.82, 2.24) is 0 Å². The van der Waals surface area contributed by atoms with E-state index < -0.39 is 0 Å². The molecule has 0 unspecified atom stereocenters. The lowest BCUT2D eigenvalue weighted by Gasteiger charge is -2.10. The second kappa shape index (κ2) is 6.79. The van der Waals surface area contributed by atoms with Crippen LogP contribution < -0.4 is 10.1 Å². The quantitative estimate of drug-likeness (QED) is 0.701. The number of furan rings is 1. The van der Waals surface area contributed by atoms with E-state index in [1.807, 2.05) is 30.3 Å². The summed E-state index contributed by atoms with van der Waals surface area (Å²) in [6, 6.07) is 15.1. The van der Waals surface area contributed by atoms with Crippen LogP contribution in [0.5, 0.6) is 5.75 Å². The number of carbonyl (C=O) groups excluding carboxylic acids is 1. The summed E-state index contributed by atoms with van der Waals surface area (Å²) >= 11 is 0. The fourth-order valence-electron chi connectivity index (χ4n) is 2.58. The highest BCUT2D eigenvalue weighted by atomic mass is 16.5. The van der Waals surface area contributed by atoms with Crippen molar-refractivity contribution in [2.45, 2.75) is 26.2 Å². The first kappa shape index (κ1) is 16.1. The molecule has 1 heterocycles. The highest BCUT2D eigenvalue weighted by Gasteiger charge is 2.13. The fourth-order valence-corrected chi connectivity index (χ4v) is 2.58. The molecule has 4 heteroatoms. The Hall–Kier alpha value is -2.75. The van der Waals surface area contributed by atoms with E-state index in [0.29, 0.717) is 11.5 Å². The zero-order chi connectivity index (χ0) is 17.1. The summed E-state index contributed by atoms with van der Waals surface area (Å²) in [6.07, 6.45) is 1.09. The number of rotatable bonds is 5. The van der Waals surface area contributed by atoms with Gasteiger partial charge in [0.1, 0.15) is 11.3 Å². The van der Waals surface area contributed by atoms with Crippen molar-refractivity contribution >= 4 is 22.6 Å². The molecular weight excluding hydrogens is 302 g/mol. The molecule has 1 N–H and O–H groups in total. The zero-order valence-electron chi connectivity index (χ0n) is 14.1. The number of fused-ring (bicyclic) bond motifs is 1. The Bertz CT molecular complexity index is 849. The molecule has 1 atom stereocenters. The van der Waals surface area contributed by atoms with Gasteiger partial charge in [0, 0.05) is 11.1 Å². The summed E-state index contributed by atoms with van der Waals surface area (Å²) in [5.41, 5.74) is 2.68. The Balaban J connectivity index is 1.77. The maximum atomic E-state index is 12.4. The first-order valence-electron chi connectivity index (χ1n) is 8.09. The summed E-state index contributed by atoms with van der Waals surface area (Å²) in [7, 11) is 1.61. The number of ether oxygens (including phenoxy) is 1. The van der Waals surface area contributed by atoms with Crippen molar-refractivity contribution in [3.05, 3.63) is 59.9 Å². The molecule has 0 aliphatic carbocycles. The lowest BCUT2D eigenvalue weighted by Crippen LogP contribution is -2.10. The maximum Gasteiger partial charge on any atom is 0.291 e. The fraction of sp³-hybridized carbons (Fsp3) is 0.250. The smallest absolute Gasteiger partial charge is 0.291 e. The summed E-state index contributed by atoms with van der Waals surface area (Å²) in [6.45, 7) is 4.35. The topological polar surface area (TPSA) is 51.5 Å². The van der Waals surface area contributed by atoms with Gasteiger partial charge in [0.05, 0.1) is 7.11 Å². The van der Waals surface area contributed by atoms with Crippen LogP contribution in [0.15, 0.2) is 52.9 Å². The van der Waals surface area contributed by atoms with Crippen LogP contribution in [-0.4, -0.2) is 13.0 Å². The van der Waals surface area contributed by atoms with Gasteiger partial charge in [-0.2, -0.15) is 0 Å². The van der Waals surface area contributed by atoms with Gasteiger partial charge in [0.2, 0.25) is 0 Å². The second-order valence-corrected chi connectivity index (χ2v) is 5.90. The molecule has 4 nitrogen and oxygen atoms in total. The lowest BCUT2D eigenvalue weighted by atomic mass is 9.99. The van der Waals surface area contributed by atoms with Crippen LogP contribution in [0.3, 0.4) is 0 Å². The Morgan fingerprint density at radius 3 is 2.58 bits per heavy atom. The molecule has 0 saturated heterocycles. The summed E-state index contributed by atoms with van der Waals surface area (Å²) in [5.74, 6) is 1.27. The summed E-state index contributed by atoms with van der Waals surface area (Å²) in [4.78, 5) is 12.4. The number of hydrogen-bond acceptors (Lipinski definition) is 3. The Morgan fingerprint density at radius 2 is 1.92 bits per heavy atom. The number of hydrogen-bond donors (Lipinski definition) is 1. The maximum absolute atomic E-state index is 12.4. The van der Waals surface area contributed by atoms with E-state index in [4.69, 9.17) is 9.15 Å². The zero-order valence-corrected chi connectivity index (χ0v) is 14.1. The van der Waals surface area contributed by atoms with Crippen LogP contribution in [0.4, 0.5) is 5.69 Å².